The first kappa shape index (κ1) is 21.1. The zero-order valence-corrected chi connectivity index (χ0v) is 18.9. The van der Waals surface area contributed by atoms with E-state index in [-0.39, 0.29) is 22.8 Å². The van der Waals surface area contributed by atoms with Crippen molar-refractivity contribution in [3.8, 4) is 5.69 Å². The number of likely N-dealkylation sites (tertiary alicyclic amines) is 1. The third-order valence-electron chi connectivity index (χ3n) is 6.50. The minimum Gasteiger partial charge on any atom is -0.338 e. The zero-order chi connectivity index (χ0) is 22.2. The van der Waals surface area contributed by atoms with E-state index < -0.39 is 0 Å². The molecule has 5 rings (SSSR count). The van der Waals surface area contributed by atoms with Gasteiger partial charge in [0.25, 0.3) is 5.91 Å². The predicted molar refractivity (Wildman–Crippen MR) is 119 cm³/mol. The highest BCUT2D eigenvalue weighted by atomic mass is 35.5. The van der Waals surface area contributed by atoms with E-state index in [1.165, 1.54) is 23.2 Å². The maximum atomic E-state index is 13.5. The van der Waals surface area contributed by atoms with Crippen molar-refractivity contribution in [2.24, 2.45) is 0 Å². The minimum absolute atomic E-state index is 0.124. The van der Waals surface area contributed by atoms with Gasteiger partial charge in [-0.15, -0.1) is 10.2 Å². The molecule has 1 amide bonds. The number of aromatic nitrogens is 5. The number of rotatable bonds is 3. The Bertz CT molecular complexity index is 1140. The second kappa shape index (κ2) is 8.65. The Morgan fingerprint density at radius 1 is 1.09 bits per heavy atom. The van der Waals surface area contributed by atoms with Crippen LogP contribution >= 0.6 is 11.6 Å². The molecule has 0 saturated carbocycles. The van der Waals surface area contributed by atoms with Crippen molar-refractivity contribution in [3.05, 3.63) is 58.1 Å². The lowest BCUT2D eigenvalue weighted by molar-refractivity contribution is 0.0702. The van der Waals surface area contributed by atoms with E-state index in [1.807, 2.05) is 4.90 Å². The summed E-state index contributed by atoms with van der Waals surface area (Å²) in [5.74, 6) is 1.78. The Morgan fingerprint density at radius 3 is 2.72 bits per heavy atom. The van der Waals surface area contributed by atoms with E-state index in [2.05, 4.69) is 19.9 Å². The lowest BCUT2D eigenvalue weighted by Gasteiger charge is -2.32. The van der Waals surface area contributed by atoms with Crippen LogP contribution in [0.25, 0.3) is 5.69 Å². The molecule has 0 bridgehead atoms. The smallest absolute Gasteiger partial charge is 0.258 e. The van der Waals surface area contributed by atoms with Gasteiger partial charge in [-0.05, 0) is 56.9 Å². The van der Waals surface area contributed by atoms with Crippen molar-refractivity contribution in [1.29, 1.82) is 0 Å². The number of hydrogen-bond donors (Lipinski definition) is 0. The largest absolute Gasteiger partial charge is 0.338 e. The summed E-state index contributed by atoms with van der Waals surface area (Å²) in [4.78, 5) is 15.3. The topological polar surface area (TPSA) is 68.8 Å². The summed E-state index contributed by atoms with van der Waals surface area (Å²) in [6.07, 6.45) is 6.38. The minimum atomic E-state index is -0.337. The van der Waals surface area contributed by atoms with Crippen molar-refractivity contribution in [1.82, 2.24) is 29.4 Å². The van der Waals surface area contributed by atoms with Crippen molar-refractivity contribution in [2.75, 3.05) is 13.1 Å². The fourth-order valence-corrected chi connectivity index (χ4v) is 5.19. The van der Waals surface area contributed by atoms with Gasteiger partial charge in [0, 0.05) is 32.0 Å². The highest BCUT2D eigenvalue weighted by Gasteiger charge is 2.32. The molecule has 7 nitrogen and oxygen atoms in total. The van der Waals surface area contributed by atoms with Crippen LogP contribution in [0.1, 0.15) is 65.7 Å². The molecule has 2 aromatic heterocycles. The predicted octanol–water partition coefficient (Wildman–Crippen LogP) is 4.31. The maximum absolute atomic E-state index is 13.5. The molecule has 1 aromatic carbocycles. The molecule has 2 aliphatic rings. The number of amides is 1. The van der Waals surface area contributed by atoms with Crippen molar-refractivity contribution < 1.29 is 9.18 Å². The lowest BCUT2D eigenvalue weighted by atomic mass is 9.96. The van der Waals surface area contributed by atoms with Gasteiger partial charge < -0.3 is 9.47 Å². The summed E-state index contributed by atoms with van der Waals surface area (Å²) in [7, 11) is 0. The first-order chi connectivity index (χ1) is 15.5. The number of fused-ring (bicyclic) bond motifs is 1. The molecule has 0 radical (unpaired) electrons. The average Bonchev–Trinajstić information content (AvgIpc) is 3.24. The Kier molecular flexibility index (Phi) is 5.71. The van der Waals surface area contributed by atoms with Crippen LogP contribution in [0.5, 0.6) is 0 Å². The Labute approximate surface area is 191 Å². The molecule has 0 spiro atoms. The average molecular weight is 457 g/mol. The standard InChI is InChI=1S/C23H26ClFN6O/c1-15-20(21(24)31(28-15)18-10-8-17(25)9-11-18)23(32)29-12-5-6-16(14-29)22-27-26-19-7-3-2-4-13-30(19)22/h8-11,16H,2-7,12-14H2,1H3. The van der Waals surface area contributed by atoms with Crippen LogP contribution in [0.15, 0.2) is 24.3 Å². The number of nitrogens with zero attached hydrogens (tertiary/aromatic N) is 6. The fourth-order valence-electron chi connectivity index (χ4n) is 4.84. The van der Waals surface area contributed by atoms with Crippen LogP contribution in [0.2, 0.25) is 5.15 Å². The summed E-state index contributed by atoms with van der Waals surface area (Å²) < 4.78 is 17.1. The van der Waals surface area contributed by atoms with Crippen molar-refractivity contribution in [2.45, 2.75) is 57.9 Å². The molecular weight excluding hydrogens is 431 g/mol. The van der Waals surface area contributed by atoms with Gasteiger partial charge in [0.15, 0.2) is 0 Å². The number of halogens is 2. The third kappa shape index (κ3) is 3.81. The number of benzene rings is 1. The molecular formula is C23H26ClFN6O. The maximum Gasteiger partial charge on any atom is 0.258 e. The Hall–Kier alpha value is -2.74. The molecule has 2 aliphatic heterocycles. The van der Waals surface area contributed by atoms with Gasteiger partial charge in [-0.2, -0.15) is 5.10 Å². The van der Waals surface area contributed by atoms with Crippen LogP contribution in [0.4, 0.5) is 4.39 Å². The highest BCUT2D eigenvalue weighted by Crippen LogP contribution is 2.31. The van der Waals surface area contributed by atoms with Gasteiger partial charge in [-0.25, -0.2) is 9.07 Å². The van der Waals surface area contributed by atoms with E-state index in [4.69, 9.17) is 11.6 Å². The Morgan fingerprint density at radius 2 is 1.91 bits per heavy atom. The summed E-state index contributed by atoms with van der Waals surface area (Å²) in [5.41, 5.74) is 1.57. The van der Waals surface area contributed by atoms with Crippen LogP contribution in [-0.2, 0) is 13.0 Å². The summed E-state index contributed by atoms with van der Waals surface area (Å²) >= 11 is 6.60. The van der Waals surface area contributed by atoms with Gasteiger partial charge in [-0.3, -0.25) is 4.79 Å². The summed E-state index contributed by atoms with van der Waals surface area (Å²) in [6, 6.07) is 5.88. The second-order valence-electron chi connectivity index (χ2n) is 8.67. The molecule has 4 heterocycles. The molecule has 1 fully saturated rings. The van der Waals surface area contributed by atoms with Gasteiger partial charge in [-0.1, -0.05) is 18.0 Å². The van der Waals surface area contributed by atoms with Crippen molar-refractivity contribution in [3.63, 3.8) is 0 Å². The molecule has 32 heavy (non-hydrogen) atoms. The lowest BCUT2D eigenvalue weighted by Crippen LogP contribution is -2.40. The molecule has 168 valence electrons. The SMILES string of the molecule is Cc1nn(-c2ccc(F)cc2)c(Cl)c1C(=O)N1CCCC(c2nnc3n2CCCCC3)C1. The van der Waals surface area contributed by atoms with Crippen molar-refractivity contribution >= 4 is 17.5 Å². The third-order valence-corrected chi connectivity index (χ3v) is 6.85. The van der Waals surface area contributed by atoms with E-state index in [1.54, 1.807) is 19.1 Å². The van der Waals surface area contributed by atoms with Gasteiger partial charge >= 0.3 is 0 Å². The molecule has 0 aliphatic carbocycles. The van der Waals surface area contributed by atoms with Gasteiger partial charge in [0.1, 0.15) is 22.6 Å². The molecule has 9 heteroatoms. The fraction of sp³-hybridized carbons (Fsp3) is 0.478. The molecule has 1 atom stereocenters. The van der Waals surface area contributed by atoms with E-state index in [0.29, 0.717) is 30.0 Å². The monoisotopic (exact) mass is 456 g/mol. The molecule has 3 aromatic rings. The summed E-state index contributed by atoms with van der Waals surface area (Å²) in [5, 5.41) is 13.7. The number of carbonyl (C=O) groups is 1. The normalized spacial score (nSPS) is 19.0. The first-order valence-corrected chi connectivity index (χ1v) is 11.6. The van der Waals surface area contributed by atoms with Crippen LogP contribution in [-0.4, -0.2) is 48.4 Å². The molecule has 1 saturated heterocycles. The highest BCUT2D eigenvalue weighted by molar-refractivity contribution is 6.33. The van der Waals surface area contributed by atoms with Gasteiger partial charge in [0.05, 0.1) is 16.9 Å². The van der Waals surface area contributed by atoms with E-state index in [9.17, 15) is 9.18 Å². The molecule has 0 N–H and O–H groups in total. The number of hydrogen-bond acceptors (Lipinski definition) is 4. The van der Waals surface area contributed by atoms with E-state index in [0.717, 1.165) is 50.3 Å². The zero-order valence-electron chi connectivity index (χ0n) is 18.1. The summed E-state index contributed by atoms with van der Waals surface area (Å²) in [6.45, 7) is 4.00. The quantitative estimate of drug-likeness (QED) is 0.589. The Balaban J connectivity index is 1.39. The van der Waals surface area contributed by atoms with Gasteiger partial charge in [0.2, 0.25) is 0 Å². The van der Waals surface area contributed by atoms with Crippen LogP contribution < -0.4 is 0 Å². The molecule has 1 unspecified atom stereocenters. The first-order valence-electron chi connectivity index (χ1n) is 11.2. The van der Waals surface area contributed by atoms with E-state index >= 15 is 0 Å². The number of carbonyl (C=O) groups excluding carboxylic acids is 1. The number of piperidine rings is 1. The van der Waals surface area contributed by atoms with Crippen LogP contribution in [0, 0.1) is 12.7 Å². The number of aryl methyl sites for hydroxylation is 2. The second-order valence-corrected chi connectivity index (χ2v) is 9.02. The van der Waals surface area contributed by atoms with Crippen LogP contribution in [0.3, 0.4) is 0 Å².